The number of hydrogen-bond donors (Lipinski definition) is 0. The van der Waals surface area contributed by atoms with E-state index in [1.165, 1.54) is 40.9 Å². The first-order valence-electron chi connectivity index (χ1n) is 9.12. The van der Waals surface area contributed by atoms with E-state index >= 15 is 0 Å². The fraction of sp³-hybridized carbons (Fsp3) is 0. The fourth-order valence-electron chi connectivity index (χ4n) is 3.22. The maximum Gasteiger partial charge on any atom is 0.251 e. The molecule has 146 valence electrons. The summed E-state index contributed by atoms with van der Waals surface area (Å²) in [5, 5.41) is 4.62. The van der Waals surface area contributed by atoms with E-state index in [9.17, 15) is 13.2 Å². The van der Waals surface area contributed by atoms with Gasteiger partial charge >= 0.3 is 0 Å². The molecule has 0 atom stereocenters. The molecule has 0 spiro atoms. The molecule has 2 heterocycles. The zero-order valence-corrected chi connectivity index (χ0v) is 15.4. The van der Waals surface area contributed by atoms with E-state index in [0.717, 1.165) is 0 Å². The number of benzene rings is 3. The molecule has 7 heteroatoms. The van der Waals surface area contributed by atoms with Gasteiger partial charge < -0.3 is 0 Å². The van der Waals surface area contributed by atoms with Gasteiger partial charge in [-0.3, -0.25) is 0 Å². The van der Waals surface area contributed by atoms with E-state index in [0.29, 0.717) is 39.5 Å². The van der Waals surface area contributed by atoms with Gasteiger partial charge in [-0.25, -0.2) is 27.7 Å². The second-order valence-electron chi connectivity index (χ2n) is 6.70. The van der Waals surface area contributed by atoms with E-state index in [-0.39, 0.29) is 17.5 Å². The van der Waals surface area contributed by atoms with E-state index in [1.54, 1.807) is 42.6 Å². The van der Waals surface area contributed by atoms with Crippen LogP contribution in [0, 0.1) is 17.5 Å². The highest BCUT2D eigenvalue weighted by atomic mass is 19.1. The molecule has 0 aliphatic rings. The summed E-state index contributed by atoms with van der Waals surface area (Å²) in [5.74, 6) is -0.804. The smallest absolute Gasteiger partial charge is 0.209 e. The van der Waals surface area contributed by atoms with Crippen LogP contribution in [0.3, 0.4) is 0 Å². The van der Waals surface area contributed by atoms with Crippen molar-refractivity contribution in [3.63, 3.8) is 0 Å². The minimum atomic E-state index is -0.371. The third-order valence-corrected chi connectivity index (χ3v) is 4.67. The Kier molecular flexibility index (Phi) is 4.28. The highest BCUT2D eigenvalue weighted by molar-refractivity contribution is 5.78. The van der Waals surface area contributed by atoms with Gasteiger partial charge in [0.25, 0.3) is 5.78 Å². The molecule has 30 heavy (non-hydrogen) atoms. The van der Waals surface area contributed by atoms with Crippen molar-refractivity contribution in [1.82, 2.24) is 19.6 Å². The number of aromatic nitrogens is 4. The first-order chi connectivity index (χ1) is 14.6. The van der Waals surface area contributed by atoms with Crippen molar-refractivity contribution in [2.24, 2.45) is 0 Å². The van der Waals surface area contributed by atoms with Crippen LogP contribution >= 0.6 is 0 Å². The van der Waals surface area contributed by atoms with Crippen molar-refractivity contribution in [1.29, 1.82) is 0 Å². The fourth-order valence-corrected chi connectivity index (χ4v) is 3.22. The maximum absolute atomic E-state index is 13.6. The van der Waals surface area contributed by atoms with Gasteiger partial charge in [-0.15, -0.1) is 0 Å². The van der Waals surface area contributed by atoms with Gasteiger partial charge in [-0.2, -0.15) is 5.10 Å². The Morgan fingerprint density at radius 3 is 1.87 bits per heavy atom. The van der Waals surface area contributed by atoms with E-state index in [1.807, 2.05) is 0 Å². The lowest BCUT2D eigenvalue weighted by atomic mass is 10.0. The zero-order chi connectivity index (χ0) is 20.7. The molecular formula is C23H13F3N4. The number of halogens is 3. The van der Waals surface area contributed by atoms with Crippen LogP contribution < -0.4 is 0 Å². The summed E-state index contributed by atoms with van der Waals surface area (Å²) in [5.41, 5.74) is 3.35. The van der Waals surface area contributed by atoms with Crippen LogP contribution in [0.15, 0.2) is 79.0 Å². The quantitative estimate of drug-likeness (QED) is 0.398. The molecular weight excluding hydrogens is 389 g/mol. The number of imidazole rings is 1. The average Bonchev–Trinajstić information content (AvgIpc) is 3.17. The Labute approximate surface area is 169 Å². The predicted octanol–water partition coefficient (Wildman–Crippen LogP) is 5.54. The Balaban J connectivity index is 1.73. The lowest BCUT2D eigenvalue weighted by Gasteiger charge is -2.09. The summed E-state index contributed by atoms with van der Waals surface area (Å²) in [6.45, 7) is 0. The second-order valence-corrected chi connectivity index (χ2v) is 6.70. The summed E-state index contributed by atoms with van der Waals surface area (Å²) >= 11 is 0. The molecule has 0 unspecified atom stereocenters. The number of hydrogen-bond acceptors (Lipinski definition) is 3. The molecule has 0 aliphatic carbocycles. The predicted molar refractivity (Wildman–Crippen MR) is 107 cm³/mol. The van der Waals surface area contributed by atoms with Crippen LogP contribution in [-0.4, -0.2) is 19.6 Å². The molecule has 5 aromatic rings. The van der Waals surface area contributed by atoms with Gasteiger partial charge in [-0.1, -0.05) is 12.1 Å². The van der Waals surface area contributed by atoms with E-state index in [4.69, 9.17) is 0 Å². The third kappa shape index (κ3) is 3.30. The number of fused-ring (bicyclic) bond motifs is 1. The summed E-state index contributed by atoms with van der Waals surface area (Å²) in [4.78, 5) is 9.09. The van der Waals surface area contributed by atoms with Crippen molar-refractivity contribution >= 4 is 5.78 Å². The minimum absolute atomic E-state index is 0.305. The number of nitrogens with zero attached hydrogens (tertiary/aromatic N) is 4. The van der Waals surface area contributed by atoms with Crippen LogP contribution in [0.1, 0.15) is 0 Å². The largest absolute Gasteiger partial charge is 0.251 e. The summed E-state index contributed by atoms with van der Waals surface area (Å²) in [6, 6.07) is 17.8. The zero-order valence-electron chi connectivity index (χ0n) is 15.4. The lowest BCUT2D eigenvalue weighted by Crippen LogP contribution is -2.01. The molecule has 0 saturated heterocycles. The van der Waals surface area contributed by atoms with Gasteiger partial charge in [0, 0.05) is 16.7 Å². The van der Waals surface area contributed by atoms with Crippen molar-refractivity contribution in [3.05, 3.63) is 96.4 Å². The first-order valence-corrected chi connectivity index (χ1v) is 9.12. The molecule has 5 rings (SSSR count). The Bertz CT molecular complexity index is 1280. The highest BCUT2D eigenvalue weighted by Gasteiger charge is 2.16. The lowest BCUT2D eigenvalue weighted by molar-refractivity contribution is 0.627. The first kappa shape index (κ1) is 18.1. The van der Waals surface area contributed by atoms with Gasteiger partial charge in [0.2, 0.25) is 0 Å². The maximum atomic E-state index is 13.6. The molecule has 4 nitrogen and oxygen atoms in total. The Hall–Kier alpha value is -4.00. The molecule has 2 aromatic heterocycles. The highest BCUT2D eigenvalue weighted by Crippen LogP contribution is 2.30. The molecule has 0 N–H and O–H groups in total. The van der Waals surface area contributed by atoms with Crippen molar-refractivity contribution in [2.75, 3.05) is 0 Å². The molecule has 0 fully saturated rings. The van der Waals surface area contributed by atoms with Gasteiger partial charge in [0.05, 0.1) is 11.9 Å². The Morgan fingerprint density at radius 1 is 0.600 bits per heavy atom. The molecule has 0 bridgehead atoms. The topological polar surface area (TPSA) is 43.1 Å². The van der Waals surface area contributed by atoms with Gasteiger partial charge in [0.1, 0.15) is 28.8 Å². The summed E-state index contributed by atoms with van der Waals surface area (Å²) in [6.07, 6.45) is 1.65. The van der Waals surface area contributed by atoms with Crippen molar-refractivity contribution in [3.8, 4) is 33.8 Å². The molecule has 0 aliphatic heterocycles. The van der Waals surface area contributed by atoms with Crippen LogP contribution in [0.25, 0.3) is 39.5 Å². The normalized spacial score (nSPS) is 11.2. The molecule has 3 aromatic carbocycles. The minimum Gasteiger partial charge on any atom is -0.209 e. The third-order valence-electron chi connectivity index (χ3n) is 4.67. The van der Waals surface area contributed by atoms with Crippen LogP contribution in [0.2, 0.25) is 0 Å². The second kappa shape index (κ2) is 7.11. The standard InChI is InChI=1S/C23H13F3N4/c24-17-8-4-14(5-9-17)21-22(15-6-10-18(25)11-7-15)29-30-13-20(27-23(30)28-21)16-2-1-3-19(26)12-16/h1-13H. The van der Waals surface area contributed by atoms with Crippen molar-refractivity contribution in [2.45, 2.75) is 0 Å². The number of rotatable bonds is 3. The van der Waals surface area contributed by atoms with Crippen LogP contribution in [-0.2, 0) is 0 Å². The van der Waals surface area contributed by atoms with E-state index in [2.05, 4.69) is 15.1 Å². The Morgan fingerprint density at radius 2 is 1.23 bits per heavy atom. The SMILES string of the molecule is Fc1ccc(-c2nc3nc(-c4cccc(F)c4)cn3nc2-c2ccc(F)cc2)cc1. The monoisotopic (exact) mass is 402 g/mol. The molecule has 0 radical (unpaired) electrons. The molecule has 0 amide bonds. The van der Waals surface area contributed by atoms with Gasteiger partial charge in [0.15, 0.2) is 0 Å². The molecule has 0 saturated carbocycles. The average molecular weight is 402 g/mol. The van der Waals surface area contributed by atoms with Crippen molar-refractivity contribution < 1.29 is 13.2 Å². The van der Waals surface area contributed by atoms with E-state index < -0.39 is 0 Å². The van der Waals surface area contributed by atoms with Crippen LogP contribution in [0.5, 0.6) is 0 Å². The summed E-state index contributed by atoms with van der Waals surface area (Å²) < 4.78 is 42.0. The summed E-state index contributed by atoms with van der Waals surface area (Å²) in [7, 11) is 0. The van der Waals surface area contributed by atoms with Crippen LogP contribution in [0.4, 0.5) is 13.2 Å². The van der Waals surface area contributed by atoms with Gasteiger partial charge in [-0.05, 0) is 60.7 Å².